The Balaban J connectivity index is 1.76. The molecule has 0 bridgehead atoms. The van der Waals surface area contributed by atoms with Crippen molar-refractivity contribution < 1.29 is 28.3 Å². The van der Waals surface area contributed by atoms with Gasteiger partial charge in [-0.05, 0) is 44.0 Å². The molecule has 0 saturated carbocycles. The summed E-state index contributed by atoms with van der Waals surface area (Å²) >= 11 is 0.944. The first-order chi connectivity index (χ1) is 14.9. The lowest BCUT2D eigenvalue weighted by molar-refractivity contribution is -0.124. The van der Waals surface area contributed by atoms with Crippen LogP contribution in [-0.2, 0) is 14.3 Å². The summed E-state index contributed by atoms with van der Waals surface area (Å²) in [5, 5.41) is 12.2. The van der Waals surface area contributed by atoms with Crippen LogP contribution in [0.5, 0.6) is 0 Å². The minimum absolute atomic E-state index is 0.166. The smallest absolute Gasteiger partial charge is 0.348 e. The molecule has 160 valence electrons. The van der Waals surface area contributed by atoms with Crippen LogP contribution in [0.1, 0.15) is 51.4 Å². The molecule has 0 aliphatic heterocycles. The summed E-state index contributed by atoms with van der Waals surface area (Å²) in [6.07, 6.45) is 0.379. The molecule has 10 heteroatoms. The lowest BCUT2D eigenvalue weighted by Crippen LogP contribution is -2.32. The van der Waals surface area contributed by atoms with E-state index in [1.807, 2.05) is 6.07 Å². The van der Waals surface area contributed by atoms with Crippen molar-refractivity contribution in [3.05, 3.63) is 46.2 Å². The number of esters is 2. The summed E-state index contributed by atoms with van der Waals surface area (Å²) in [6, 6.07) is 6.60. The Hall–Kier alpha value is -3.71. The number of amides is 1. The van der Waals surface area contributed by atoms with E-state index >= 15 is 0 Å². The number of rotatable bonds is 7. The zero-order chi connectivity index (χ0) is 22.5. The van der Waals surface area contributed by atoms with E-state index in [0.717, 1.165) is 11.3 Å². The lowest BCUT2D eigenvalue weighted by atomic mass is 10.1. The predicted octanol–water partition coefficient (Wildman–Crippen LogP) is 3.82. The van der Waals surface area contributed by atoms with Gasteiger partial charge < -0.3 is 19.2 Å². The number of nitrogens with zero attached hydrogens (tertiary/aromatic N) is 2. The van der Waals surface area contributed by atoms with E-state index in [2.05, 4.69) is 10.3 Å². The molecule has 0 saturated heterocycles. The van der Waals surface area contributed by atoms with Gasteiger partial charge in [0.05, 0.1) is 17.7 Å². The average Bonchev–Trinajstić information content (AvgIpc) is 3.35. The van der Waals surface area contributed by atoms with E-state index in [9.17, 15) is 19.6 Å². The number of anilines is 1. The maximum Gasteiger partial charge on any atom is 0.348 e. The van der Waals surface area contributed by atoms with Crippen LogP contribution in [0, 0.1) is 18.3 Å². The summed E-state index contributed by atoms with van der Waals surface area (Å²) < 4.78 is 15.5. The van der Waals surface area contributed by atoms with Crippen molar-refractivity contribution in [2.45, 2.75) is 33.3 Å². The standard InChI is InChI=1S/C21H19N3O6S/c1-4-15(30-20(26)12-6-7-16-14(8-12)23-10-29-16)18(25)24-19-13(9-22)11(3)17(31-19)21(27)28-5-2/h6-8,10,15H,4-5H2,1-3H3,(H,24,25). The van der Waals surface area contributed by atoms with E-state index in [0.29, 0.717) is 16.7 Å². The van der Waals surface area contributed by atoms with E-state index in [1.54, 1.807) is 26.8 Å². The molecule has 1 N–H and O–H groups in total. The molecule has 3 aromatic rings. The molecule has 0 radical (unpaired) electrons. The first-order valence-electron chi connectivity index (χ1n) is 9.45. The Labute approximate surface area is 181 Å². The Morgan fingerprint density at radius 1 is 1.29 bits per heavy atom. The third-order valence-corrected chi connectivity index (χ3v) is 5.62. The average molecular weight is 441 g/mol. The van der Waals surface area contributed by atoms with Gasteiger partial charge in [0.2, 0.25) is 0 Å². The summed E-state index contributed by atoms with van der Waals surface area (Å²) in [7, 11) is 0. The number of ether oxygens (including phenoxy) is 2. The monoisotopic (exact) mass is 441 g/mol. The van der Waals surface area contributed by atoms with Crippen molar-refractivity contribution in [2.75, 3.05) is 11.9 Å². The fraction of sp³-hybridized carbons (Fsp3) is 0.286. The molecule has 2 aromatic heterocycles. The molecular weight excluding hydrogens is 422 g/mol. The molecule has 2 heterocycles. The van der Waals surface area contributed by atoms with Crippen LogP contribution in [0.15, 0.2) is 29.0 Å². The number of hydrogen-bond donors (Lipinski definition) is 1. The highest BCUT2D eigenvalue weighted by Gasteiger charge is 2.27. The molecule has 9 nitrogen and oxygen atoms in total. The maximum atomic E-state index is 12.7. The van der Waals surface area contributed by atoms with Crippen molar-refractivity contribution >= 4 is 45.3 Å². The Kier molecular flexibility index (Phi) is 6.67. The molecule has 0 fully saturated rings. The van der Waals surface area contributed by atoms with Crippen LogP contribution in [-0.4, -0.2) is 35.5 Å². The van der Waals surface area contributed by atoms with Gasteiger partial charge in [-0.15, -0.1) is 11.3 Å². The molecular formula is C21H19N3O6S. The summed E-state index contributed by atoms with van der Waals surface area (Å²) in [4.78, 5) is 41.5. The third kappa shape index (κ3) is 4.57. The molecule has 1 atom stereocenters. The van der Waals surface area contributed by atoms with Crippen LogP contribution < -0.4 is 5.32 Å². The normalized spacial score (nSPS) is 11.5. The molecule has 3 rings (SSSR count). The molecule has 0 aliphatic carbocycles. The Morgan fingerprint density at radius 3 is 2.74 bits per heavy atom. The van der Waals surface area contributed by atoms with Crippen molar-refractivity contribution in [1.82, 2.24) is 4.98 Å². The van der Waals surface area contributed by atoms with Crippen LogP contribution in [0.3, 0.4) is 0 Å². The second kappa shape index (κ2) is 9.40. The van der Waals surface area contributed by atoms with Gasteiger partial charge in [0.15, 0.2) is 18.1 Å². The zero-order valence-electron chi connectivity index (χ0n) is 17.1. The Morgan fingerprint density at radius 2 is 2.06 bits per heavy atom. The predicted molar refractivity (Wildman–Crippen MR) is 112 cm³/mol. The number of oxazole rings is 1. The second-order valence-corrected chi connectivity index (χ2v) is 7.44. The number of thiophene rings is 1. The van der Waals surface area contributed by atoms with Gasteiger partial charge in [0, 0.05) is 0 Å². The highest BCUT2D eigenvalue weighted by molar-refractivity contribution is 7.18. The second-order valence-electron chi connectivity index (χ2n) is 6.42. The van der Waals surface area contributed by atoms with Crippen molar-refractivity contribution in [3.8, 4) is 6.07 Å². The van der Waals surface area contributed by atoms with Crippen LogP contribution in [0.2, 0.25) is 0 Å². The lowest BCUT2D eigenvalue weighted by Gasteiger charge is -2.15. The molecule has 1 unspecified atom stereocenters. The van der Waals surface area contributed by atoms with Crippen molar-refractivity contribution in [1.29, 1.82) is 5.26 Å². The fourth-order valence-corrected chi connectivity index (χ4v) is 3.88. The van der Waals surface area contributed by atoms with Crippen LogP contribution in [0.25, 0.3) is 11.1 Å². The highest BCUT2D eigenvalue weighted by atomic mass is 32.1. The van der Waals surface area contributed by atoms with Crippen LogP contribution in [0.4, 0.5) is 5.00 Å². The number of benzene rings is 1. The van der Waals surface area contributed by atoms with E-state index in [4.69, 9.17) is 13.9 Å². The summed E-state index contributed by atoms with van der Waals surface area (Å²) in [6.45, 7) is 5.16. The first-order valence-corrected chi connectivity index (χ1v) is 10.3. The minimum Gasteiger partial charge on any atom is -0.462 e. The molecule has 0 aliphatic rings. The third-order valence-electron chi connectivity index (χ3n) is 4.43. The number of carbonyl (C=O) groups is 3. The first kappa shape index (κ1) is 22.0. The van der Waals surface area contributed by atoms with E-state index in [1.165, 1.54) is 18.5 Å². The number of hydrogen-bond acceptors (Lipinski definition) is 9. The summed E-state index contributed by atoms with van der Waals surface area (Å²) in [5.74, 6) is -1.86. The quantitative estimate of drug-likeness (QED) is 0.547. The van der Waals surface area contributed by atoms with Crippen LogP contribution >= 0.6 is 11.3 Å². The minimum atomic E-state index is -1.10. The van der Waals surface area contributed by atoms with Gasteiger partial charge >= 0.3 is 11.9 Å². The maximum absolute atomic E-state index is 12.7. The van der Waals surface area contributed by atoms with Gasteiger partial charge in [-0.25, -0.2) is 14.6 Å². The van der Waals surface area contributed by atoms with E-state index < -0.39 is 23.9 Å². The number of fused-ring (bicyclic) bond motifs is 1. The number of aromatic nitrogens is 1. The number of nitriles is 1. The van der Waals surface area contributed by atoms with Crippen molar-refractivity contribution in [2.24, 2.45) is 0 Å². The van der Waals surface area contributed by atoms with Gasteiger partial charge in [0.1, 0.15) is 21.5 Å². The topological polar surface area (TPSA) is 132 Å². The number of nitrogens with one attached hydrogen (secondary N) is 1. The SMILES string of the molecule is CCOC(=O)c1sc(NC(=O)C(CC)OC(=O)c2ccc3ocnc3c2)c(C#N)c1C. The van der Waals surface area contributed by atoms with Crippen molar-refractivity contribution in [3.63, 3.8) is 0 Å². The van der Waals surface area contributed by atoms with Gasteiger partial charge in [-0.3, -0.25) is 4.79 Å². The largest absolute Gasteiger partial charge is 0.462 e. The van der Waals surface area contributed by atoms with Gasteiger partial charge in [-0.1, -0.05) is 6.92 Å². The molecule has 0 spiro atoms. The zero-order valence-corrected chi connectivity index (χ0v) is 17.9. The molecule has 1 amide bonds. The van der Waals surface area contributed by atoms with E-state index in [-0.39, 0.29) is 34.0 Å². The van der Waals surface area contributed by atoms with Gasteiger partial charge in [-0.2, -0.15) is 5.26 Å². The summed E-state index contributed by atoms with van der Waals surface area (Å²) in [5.41, 5.74) is 1.83. The number of carbonyl (C=O) groups excluding carboxylic acids is 3. The molecule has 1 aromatic carbocycles. The Bertz CT molecular complexity index is 1190. The highest BCUT2D eigenvalue weighted by Crippen LogP contribution is 2.33. The van der Waals surface area contributed by atoms with Gasteiger partial charge in [0.25, 0.3) is 5.91 Å². The molecule has 31 heavy (non-hydrogen) atoms. The fourth-order valence-electron chi connectivity index (χ4n) is 2.82.